The molecule has 3 aromatic rings. The summed E-state index contributed by atoms with van der Waals surface area (Å²) in [6.45, 7) is 4.08. The molecule has 1 atom stereocenters. The van der Waals surface area contributed by atoms with Gasteiger partial charge in [-0.15, -0.1) is 0 Å². The van der Waals surface area contributed by atoms with E-state index in [2.05, 4.69) is 41.2 Å². The van der Waals surface area contributed by atoms with Crippen molar-refractivity contribution in [2.45, 2.75) is 19.9 Å². The van der Waals surface area contributed by atoms with Gasteiger partial charge in [-0.25, -0.2) is 0 Å². The first-order valence-electron chi connectivity index (χ1n) is 6.68. The number of pyridine rings is 2. The molecule has 0 fully saturated rings. The molecule has 3 heteroatoms. The lowest BCUT2D eigenvalue weighted by atomic mass is 9.96. The Morgan fingerprint density at radius 1 is 1.10 bits per heavy atom. The number of rotatable bonds is 2. The molecule has 0 amide bonds. The van der Waals surface area contributed by atoms with E-state index in [0.29, 0.717) is 0 Å². The highest BCUT2D eigenvalue weighted by Crippen LogP contribution is 2.27. The Morgan fingerprint density at radius 3 is 2.70 bits per heavy atom. The van der Waals surface area contributed by atoms with Crippen LogP contribution < -0.4 is 5.73 Å². The standard InChI is InChI=1S/C17H17N3/c1-11-5-6-16-14(8-11)15(9-12(2)20-16)17(18)13-4-3-7-19-10-13/h3-10,17H,18H2,1-2H3. The maximum absolute atomic E-state index is 6.43. The highest BCUT2D eigenvalue weighted by atomic mass is 14.7. The minimum absolute atomic E-state index is 0.185. The second-order valence-corrected chi connectivity index (χ2v) is 5.14. The van der Waals surface area contributed by atoms with Gasteiger partial charge in [0, 0.05) is 23.5 Å². The molecule has 1 unspecified atom stereocenters. The average molecular weight is 263 g/mol. The van der Waals surface area contributed by atoms with Crippen molar-refractivity contribution in [3.8, 4) is 0 Å². The number of nitrogens with zero attached hydrogens (tertiary/aromatic N) is 2. The summed E-state index contributed by atoms with van der Waals surface area (Å²) in [5.41, 5.74) is 11.7. The first-order chi connectivity index (χ1) is 9.65. The van der Waals surface area contributed by atoms with E-state index in [1.54, 1.807) is 6.20 Å². The maximum Gasteiger partial charge on any atom is 0.0708 e. The number of nitrogens with two attached hydrogens (primary N) is 1. The summed E-state index contributed by atoms with van der Waals surface area (Å²) in [7, 11) is 0. The molecule has 2 aromatic heterocycles. The summed E-state index contributed by atoms with van der Waals surface area (Å²) in [6.07, 6.45) is 3.58. The van der Waals surface area contributed by atoms with Crippen molar-refractivity contribution >= 4 is 10.9 Å². The quantitative estimate of drug-likeness (QED) is 0.771. The summed E-state index contributed by atoms with van der Waals surface area (Å²) in [5, 5.41) is 1.12. The number of hydrogen-bond acceptors (Lipinski definition) is 3. The van der Waals surface area contributed by atoms with Crippen LogP contribution in [0.3, 0.4) is 0 Å². The Morgan fingerprint density at radius 2 is 1.95 bits per heavy atom. The number of aryl methyl sites for hydroxylation is 2. The van der Waals surface area contributed by atoms with Crippen molar-refractivity contribution in [1.29, 1.82) is 0 Å². The Hall–Kier alpha value is -2.26. The van der Waals surface area contributed by atoms with Gasteiger partial charge in [0.1, 0.15) is 0 Å². The molecule has 3 nitrogen and oxygen atoms in total. The summed E-state index contributed by atoms with van der Waals surface area (Å²) in [5.74, 6) is 0. The van der Waals surface area contributed by atoms with Gasteiger partial charge in [-0.3, -0.25) is 9.97 Å². The number of fused-ring (bicyclic) bond motifs is 1. The Labute approximate surface area is 118 Å². The fraction of sp³-hybridized carbons (Fsp3) is 0.176. The number of aromatic nitrogens is 2. The van der Waals surface area contributed by atoms with Gasteiger partial charge in [0.05, 0.1) is 11.6 Å². The van der Waals surface area contributed by atoms with Crippen LogP contribution in [-0.4, -0.2) is 9.97 Å². The summed E-state index contributed by atoms with van der Waals surface area (Å²) >= 11 is 0. The van der Waals surface area contributed by atoms with Gasteiger partial charge in [-0.2, -0.15) is 0 Å². The van der Waals surface area contributed by atoms with Gasteiger partial charge < -0.3 is 5.73 Å². The van der Waals surface area contributed by atoms with Crippen LogP contribution in [0.25, 0.3) is 10.9 Å². The van der Waals surface area contributed by atoms with Crippen molar-refractivity contribution in [2.75, 3.05) is 0 Å². The van der Waals surface area contributed by atoms with Crippen molar-refractivity contribution < 1.29 is 0 Å². The second kappa shape index (κ2) is 5.02. The monoisotopic (exact) mass is 263 g/mol. The minimum atomic E-state index is -0.185. The third-order valence-electron chi connectivity index (χ3n) is 3.50. The zero-order valence-corrected chi connectivity index (χ0v) is 11.7. The SMILES string of the molecule is Cc1ccc2nc(C)cc(C(N)c3cccnc3)c2c1. The van der Waals surface area contributed by atoms with Gasteiger partial charge in [-0.05, 0) is 49.2 Å². The fourth-order valence-electron chi connectivity index (χ4n) is 2.50. The normalized spacial score (nSPS) is 12.6. The Bertz CT molecular complexity index is 751. The lowest BCUT2D eigenvalue weighted by Gasteiger charge is -2.16. The molecule has 0 saturated heterocycles. The first-order valence-corrected chi connectivity index (χ1v) is 6.68. The molecule has 2 heterocycles. The van der Waals surface area contributed by atoms with E-state index in [4.69, 9.17) is 5.73 Å². The predicted octanol–water partition coefficient (Wildman–Crippen LogP) is 3.29. The molecule has 2 N–H and O–H groups in total. The molecule has 100 valence electrons. The fourth-order valence-corrected chi connectivity index (χ4v) is 2.50. The van der Waals surface area contributed by atoms with Gasteiger partial charge >= 0.3 is 0 Å². The zero-order chi connectivity index (χ0) is 14.1. The number of benzene rings is 1. The van der Waals surface area contributed by atoms with Crippen LogP contribution in [0, 0.1) is 13.8 Å². The topological polar surface area (TPSA) is 51.8 Å². The third-order valence-corrected chi connectivity index (χ3v) is 3.50. The highest BCUT2D eigenvalue weighted by Gasteiger charge is 2.14. The van der Waals surface area contributed by atoms with Crippen LogP contribution in [0.5, 0.6) is 0 Å². The first kappa shape index (κ1) is 12.8. The molecule has 0 saturated carbocycles. The average Bonchev–Trinajstić information content (AvgIpc) is 2.47. The minimum Gasteiger partial charge on any atom is -0.320 e. The van der Waals surface area contributed by atoms with E-state index in [9.17, 15) is 0 Å². The van der Waals surface area contributed by atoms with Gasteiger partial charge in [0.2, 0.25) is 0 Å². The van der Waals surface area contributed by atoms with Crippen LogP contribution in [0.2, 0.25) is 0 Å². The Kier molecular flexibility index (Phi) is 3.20. The molecule has 1 aromatic carbocycles. The lowest BCUT2D eigenvalue weighted by molar-refractivity contribution is 0.867. The second-order valence-electron chi connectivity index (χ2n) is 5.14. The predicted molar refractivity (Wildman–Crippen MR) is 81.5 cm³/mol. The number of hydrogen-bond donors (Lipinski definition) is 1. The van der Waals surface area contributed by atoms with E-state index in [1.165, 1.54) is 5.56 Å². The molecule has 0 radical (unpaired) electrons. The molecule has 0 aliphatic carbocycles. The van der Waals surface area contributed by atoms with Crippen molar-refractivity contribution in [1.82, 2.24) is 9.97 Å². The van der Waals surface area contributed by atoms with Crippen molar-refractivity contribution in [2.24, 2.45) is 5.73 Å². The van der Waals surface area contributed by atoms with Crippen LogP contribution in [0.4, 0.5) is 0 Å². The largest absolute Gasteiger partial charge is 0.320 e. The van der Waals surface area contributed by atoms with Gasteiger partial charge in [0.25, 0.3) is 0 Å². The van der Waals surface area contributed by atoms with E-state index in [-0.39, 0.29) is 6.04 Å². The van der Waals surface area contributed by atoms with Crippen LogP contribution in [0.15, 0.2) is 48.8 Å². The van der Waals surface area contributed by atoms with E-state index < -0.39 is 0 Å². The highest BCUT2D eigenvalue weighted by molar-refractivity contribution is 5.84. The third kappa shape index (κ3) is 2.28. The molecule has 0 spiro atoms. The van der Waals surface area contributed by atoms with E-state index in [1.807, 2.05) is 25.3 Å². The van der Waals surface area contributed by atoms with E-state index in [0.717, 1.165) is 27.7 Å². The molecule has 0 aliphatic heterocycles. The van der Waals surface area contributed by atoms with Crippen LogP contribution >= 0.6 is 0 Å². The Balaban J connectivity index is 2.22. The van der Waals surface area contributed by atoms with E-state index >= 15 is 0 Å². The van der Waals surface area contributed by atoms with Crippen LogP contribution in [-0.2, 0) is 0 Å². The molecule has 20 heavy (non-hydrogen) atoms. The molecule has 0 bridgehead atoms. The zero-order valence-electron chi connectivity index (χ0n) is 11.7. The van der Waals surface area contributed by atoms with Gasteiger partial charge in [-0.1, -0.05) is 17.7 Å². The molecule has 0 aliphatic rings. The van der Waals surface area contributed by atoms with Crippen LogP contribution in [0.1, 0.15) is 28.4 Å². The van der Waals surface area contributed by atoms with Gasteiger partial charge in [0.15, 0.2) is 0 Å². The molecule has 3 rings (SSSR count). The lowest BCUT2D eigenvalue weighted by Crippen LogP contribution is -2.13. The summed E-state index contributed by atoms with van der Waals surface area (Å²) in [6, 6.07) is 12.1. The molecular formula is C17H17N3. The summed E-state index contributed by atoms with van der Waals surface area (Å²) < 4.78 is 0. The van der Waals surface area contributed by atoms with Crippen molar-refractivity contribution in [3.63, 3.8) is 0 Å². The smallest absolute Gasteiger partial charge is 0.0708 e. The van der Waals surface area contributed by atoms with Crippen molar-refractivity contribution in [3.05, 3.63) is 71.2 Å². The summed E-state index contributed by atoms with van der Waals surface area (Å²) in [4.78, 5) is 8.74. The molecular weight excluding hydrogens is 246 g/mol. The maximum atomic E-state index is 6.43.